The van der Waals surface area contributed by atoms with Crippen molar-refractivity contribution >= 4 is 11.9 Å². The van der Waals surface area contributed by atoms with Crippen molar-refractivity contribution in [1.82, 2.24) is 5.32 Å². The maximum atomic E-state index is 12.5. The first-order valence-corrected chi connectivity index (χ1v) is 7.44. The van der Waals surface area contributed by atoms with Gasteiger partial charge in [-0.3, -0.25) is 4.79 Å². The summed E-state index contributed by atoms with van der Waals surface area (Å²) >= 11 is 0. The third-order valence-corrected chi connectivity index (χ3v) is 3.45. The smallest absolute Gasteiger partial charge is 0.416 e. The average molecular weight is 347 g/mol. The number of rotatable bonds is 7. The van der Waals surface area contributed by atoms with E-state index < -0.39 is 35.8 Å². The Morgan fingerprint density at radius 2 is 1.83 bits per heavy atom. The lowest BCUT2D eigenvalue weighted by Gasteiger charge is -2.19. The van der Waals surface area contributed by atoms with Crippen LogP contribution in [0.5, 0.6) is 0 Å². The van der Waals surface area contributed by atoms with Gasteiger partial charge in [0.25, 0.3) is 5.91 Å². The fourth-order valence-corrected chi connectivity index (χ4v) is 2.06. The number of methoxy groups -OCH3 is 1. The third-order valence-electron chi connectivity index (χ3n) is 3.45. The first-order valence-electron chi connectivity index (χ1n) is 7.44. The molecule has 1 rings (SSSR count). The Balaban J connectivity index is 2.80. The fraction of sp³-hybridized carbons (Fsp3) is 0.500. The number of ether oxygens (including phenoxy) is 1. The predicted molar refractivity (Wildman–Crippen MR) is 79.9 cm³/mol. The first-order chi connectivity index (χ1) is 11.2. The molecule has 5 nitrogen and oxygen atoms in total. The van der Waals surface area contributed by atoms with Crippen LogP contribution in [0.25, 0.3) is 0 Å². The van der Waals surface area contributed by atoms with Crippen LogP contribution in [-0.4, -0.2) is 30.1 Å². The van der Waals surface area contributed by atoms with E-state index in [2.05, 4.69) is 10.1 Å². The number of carbonyl (C=O) groups excluding carboxylic acids is 2. The summed E-state index contributed by atoms with van der Waals surface area (Å²) in [5.41, 5.74) is -0.881. The molecule has 2 atom stereocenters. The topological polar surface area (TPSA) is 75.6 Å². The van der Waals surface area contributed by atoms with Gasteiger partial charge in [0.05, 0.1) is 12.7 Å². The molecule has 0 aliphatic carbocycles. The number of esters is 1. The third kappa shape index (κ3) is 5.52. The van der Waals surface area contributed by atoms with Gasteiger partial charge in [-0.15, -0.1) is 0 Å². The maximum absolute atomic E-state index is 12.5. The number of hydrogen-bond acceptors (Lipinski definition) is 4. The summed E-state index contributed by atoms with van der Waals surface area (Å²) in [5, 5.41) is 12.3. The second kappa shape index (κ2) is 8.68. The van der Waals surface area contributed by atoms with Crippen molar-refractivity contribution in [3.63, 3.8) is 0 Å². The first kappa shape index (κ1) is 20.0. The van der Waals surface area contributed by atoms with Crippen molar-refractivity contribution in [2.24, 2.45) is 0 Å². The van der Waals surface area contributed by atoms with E-state index in [9.17, 15) is 27.9 Å². The summed E-state index contributed by atoms with van der Waals surface area (Å²) in [6, 6.07) is 2.69. The zero-order valence-corrected chi connectivity index (χ0v) is 13.4. The molecule has 1 aromatic carbocycles. The lowest BCUT2D eigenvalue weighted by atomic mass is 10.0. The van der Waals surface area contributed by atoms with Crippen LogP contribution < -0.4 is 5.32 Å². The number of unbranched alkanes of at least 4 members (excludes halogenated alkanes) is 1. The van der Waals surface area contributed by atoms with E-state index in [4.69, 9.17) is 0 Å². The number of aliphatic hydroxyl groups is 1. The van der Waals surface area contributed by atoms with Gasteiger partial charge in [-0.25, -0.2) is 4.79 Å². The van der Waals surface area contributed by atoms with Crippen LogP contribution in [0.2, 0.25) is 0 Å². The Morgan fingerprint density at radius 3 is 2.29 bits per heavy atom. The van der Waals surface area contributed by atoms with Crippen molar-refractivity contribution in [3.8, 4) is 0 Å². The van der Waals surface area contributed by atoms with Crippen molar-refractivity contribution in [2.75, 3.05) is 7.11 Å². The van der Waals surface area contributed by atoms with E-state index >= 15 is 0 Å². The maximum Gasteiger partial charge on any atom is 0.416 e. The van der Waals surface area contributed by atoms with Gasteiger partial charge in [-0.05, 0) is 24.1 Å². The molecule has 1 aromatic rings. The van der Waals surface area contributed by atoms with E-state index in [0.29, 0.717) is 12.8 Å². The van der Waals surface area contributed by atoms with Crippen molar-refractivity contribution in [2.45, 2.75) is 44.5 Å². The number of hydrogen-bond donors (Lipinski definition) is 2. The summed E-state index contributed by atoms with van der Waals surface area (Å²) < 4.78 is 42.1. The van der Waals surface area contributed by atoms with Crippen molar-refractivity contribution in [1.29, 1.82) is 0 Å². The number of halogens is 3. The molecule has 0 fully saturated rings. The highest BCUT2D eigenvalue weighted by molar-refractivity contribution is 5.87. The van der Waals surface area contributed by atoms with Gasteiger partial charge in [0.15, 0.2) is 6.10 Å². The number of carbonyl (C=O) groups is 2. The molecule has 0 heterocycles. The summed E-state index contributed by atoms with van der Waals surface area (Å²) in [4.78, 5) is 23.7. The van der Waals surface area contributed by atoms with Gasteiger partial charge < -0.3 is 15.2 Å². The van der Waals surface area contributed by atoms with Crippen LogP contribution in [0, 0.1) is 0 Å². The number of alkyl halides is 3. The molecule has 24 heavy (non-hydrogen) atoms. The molecular weight excluding hydrogens is 327 g/mol. The molecule has 0 radical (unpaired) electrons. The van der Waals surface area contributed by atoms with Crippen molar-refractivity contribution < 1.29 is 32.6 Å². The molecule has 0 unspecified atom stereocenters. The molecule has 134 valence electrons. The van der Waals surface area contributed by atoms with E-state index in [0.717, 1.165) is 30.7 Å². The standard InChI is InChI=1S/C16H20F3NO4/c1-3-4-5-12(15(23)24-2)20-14(22)13(21)10-6-8-11(9-7-10)16(17,18)19/h6-9,12-13,21H,3-5H2,1-2H3,(H,20,22)/t12-,13+/m1/s1. The summed E-state index contributed by atoms with van der Waals surface area (Å²) in [7, 11) is 1.18. The van der Waals surface area contributed by atoms with Crippen LogP contribution in [0.15, 0.2) is 24.3 Å². The minimum absolute atomic E-state index is 0.000364. The minimum atomic E-state index is -4.50. The van der Waals surface area contributed by atoms with Gasteiger partial charge in [0.2, 0.25) is 0 Å². The summed E-state index contributed by atoms with van der Waals surface area (Å²) in [6.45, 7) is 1.91. The highest BCUT2D eigenvalue weighted by Crippen LogP contribution is 2.30. The molecule has 0 spiro atoms. The molecule has 0 saturated heterocycles. The number of benzene rings is 1. The molecule has 8 heteroatoms. The zero-order chi connectivity index (χ0) is 18.3. The lowest BCUT2D eigenvalue weighted by molar-refractivity contribution is -0.146. The van der Waals surface area contributed by atoms with Gasteiger partial charge in [-0.1, -0.05) is 31.9 Å². The number of amides is 1. The number of aliphatic hydroxyl groups excluding tert-OH is 1. The van der Waals surface area contributed by atoms with Crippen LogP contribution >= 0.6 is 0 Å². The predicted octanol–water partition coefficient (Wildman–Crippen LogP) is 2.59. The summed E-state index contributed by atoms with van der Waals surface area (Å²) in [5.74, 6) is -1.52. The zero-order valence-electron chi connectivity index (χ0n) is 13.4. The van der Waals surface area contributed by atoms with Crippen molar-refractivity contribution in [3.05, 3.63) is 35.4 Å². The average Bonchev–Trinajstić information content (AvgIpc) is 2.56. The Kier molecular flexibility index (Phi) is 7.21. The molecule has 2 N–H and O–H groups in total. The lowest BCUT2D eigenvalue weighted by Crippen LogP contribution is -2.43. The Labute approximate surface area is 137 Å². The highest BCUT2D eigenvalue weighted by atomic mass is 19.4. The molecule has 0 aliphatic heterocycles. The normalized spacial score (nSPS) is 13.9. The molecule has 0 aromatic heterocycles. The van der Waals surface area contributed by atoms with E-state index in [-0.39, 0.29) is 5.56 Å². The van der Waals surface area contributed by atoms with E-state index in [1.807, 2.05) is 6.92 Å². The Morgan fingerprint density at radius 1 is 1.25 bits per heavy atom. The summed E-state index contributed by atoms with van der Waals surface area (Å²) in [6.07, 6.45) is -4.38. The largest absolute Gasteiger partial charge is 0.467 e. The minimum Gasteiger partial charge on any atom is -0.467 e. The quantitative estimate of drug-likeness (QED) is 0.744. The number of nitrogens with one attached hydrogen (secondary N) is 1. The van der Waals surface area contributed by atoms with E-state index in [1.165, 1.54) is 7.11 Å². The molecule has 0 bridgehead atoms. The van der Waals surface area contributed by atoms with Gasteiger partial charge in [0.1, 0.15) is 6.04 Å². The SMILES string of the molecule is CCCC[C@@H](NC(=O)[C@@H](O)c1ccc(C(F)(F)F)cc1)C(=O)OC. The fourth-order valence-electron chi connectivity index (χ4n) is 2.06. The Hall–Kier alpha value is -2.09. The van der Waals surface area contributed by atoms with Crippen LogP contribution in [0.1, 0.15) is 43.4 Å². The van der Waals surface area contributed by atoms with E-state index in [1.54, 1.807) is 0 Å². The molecular formula is C16H20F3NO4. The monoisotopic (exact) mass is 347 g/mol. The van der Waals surface area contributed by atoms with Crippen LogP contribution in [0.4, 0.5) is 13.2 Å². The van der Waals surface area contributed by atoms with Crippen LogP contribution in [0.3, 0.4) is 0 Å². The van der Waals surface area contributed by atoms with Gasteiger partial charge in [-0.2, -0.15) is 13.2 Å². The second-order valence-corrected chi connectivity index (χ2v) is 5.25. The molecule has 0 aliphatic rings. The Bertz CT molecular complexity index is 557. The second-order valence-electron chi connectivity index (χ2n) is 5.25. The van der Waals surface area contributed by atoms with Gasteiger partial charge in [0, 0.05) is 0 Å². The molecule has 0 saturated carbocycles. The van der Waals surface area contributed by atoms with Crippen LogP contribution in [-0.2, 0) is 20.5 Å². The van der Waals surface area contributed by atoms with Gasteiger partial charge >= 0.3 is 12.1 Å². The highest BCUT2D eigenvalue weighted by Gasteiger charge is 2.31. The molecule has 1 amide bonds.